The Morgan fingerprint density at radius 1 is 0.409 bits per heavy atom. The van der Waals surface area contributed by atoms with Crippen LogP contribution in [-0.4, -0.2) is 42.9 Å². The summed E-state index contributed by atoms with van der Waals surface area (Å²) >= 11 is 24.6. The number of nitrogens with zero attached hydrogens (tertiary/aromatic N) is 1. The summed E-state index contributed by atoms with van der Waals surface area (Å²) in [5.74, 6) is -2.23. The number of hydrogen-bond acceptors (Lipinski definition) is 5. The van der Waals surface area contributed by atoms with Crippen molar-refractivity contribution in [2.24, 2.45) is 0 Å². The zero-order valence-corrected chi connectivity index (χ0v) is 39.3. The van der Waals surface area contributed by atoms with Crippen molar-refractivity contribution >= 4 is 127 Å². The van der Waals surface area contributed by atoms with E-state index in [1.807, 2.05) is 0 Å². The Hall–Kier alpha value is 1.92. The summed E-state index contributed by atoms with van der Waals surface area (Å²) in [4.78, 5) is 0. The molecule has 0 bridgehead atoms. The van der Waals surface area contributed by atoms with Crippen molar-refractivity contribution in [1.82, 2.24) is 0 Å². The fraction of sp³-hybridized carbons (Fsp3) is 0.586. The van der Waals surface area contributed by atoms with Crippen LogP contribution < -0.4 is 20.4 Å². The molecule has 1 N–H and O–H groups in total. The molecule has 0 aliphatic carbocycles. The average Bonchev–Trinajstić information content (AvgIpc) is 3.03. The fourth-order valence-electron chi connectivity index (χ4n) is 3.83. The van der Waals surface area contributed by atoms with Gasteiger partial charge in [0, 0.05) is 42.9 Å². The van der Waals surface area contributed by atoms with Gasteiger partial charge in [-0.15, -0.1) is 23.0 Å². The Morgan fingerprint density at radius 3 is 0.705 bits per heavy atom. The van der Waals surface area contributed by atoms with Gasteiger partial charge in [-0.1, -0.05) is 117 Å². The molecule has 0 unspecified atom stereocenters. The van der Waals surface area contributed by atoms with Gasteiger partial charge in [-0.05, 0) is 89.4 Å². The molecule has 2 rings (SSSR count). The van der Waals surface area contributed by atoms with Crippen LogP contribution in [0.15, 0.2) is 35.8 Å². The average molecular weight is 1180 g/mol. The van der Waals surface area contributed by atoms with Gasteiger partial charge in [-0.25, -0.2) is 0 Å². The summed E-state index contributed by atoms with van der Waals surface area (Å²) in [6.45, 7) is 15.0. The van der Waals surface area contributed by atoms with Crippen LogP contribution >= 0.6 is 127 Å². The molecule has 254 valence electrons. The number of aliphatic hydroxyl groups excluding tert-OH is 1. The minimum Gasteiger partial charge on any atom is -0.872 e. The van der Waals surface area contributed by atoms with Gasteiger partial charge in [0.1, 0.15) is 0 Å². The van der Waals surface area contributed by atoms with Gasteiger partial charge in [0.2, 0.25) is 0 Å². The molecule has 0 saturated heterocycles. The molecule has 2 aromatic rings. The van der Waals surface area contributed by atoms with Gasteiger partial charge in [0.15, 0.2) is 0 Å². The van der Waals surface area contributed by atoms with E-state index < -0.39 is 23.0 Å². The molecule has 0 radical (unpaired) electrons. The third-order valence-electron chi connectivity index (χ3n) is 6.31. The van der Waals surface area contributed by atoms with Crippen LogP contribution in [0.5, 0.6) is 23.0 Å². The minimum absolute atomic E-state index is 0. The molecule has 0 aliphatic heterocycles. The van der Waals surface area contributed by atoms with Crippen molar-refractivity contribution < 1.29 is 47.1 Å². The standard InChI is InChI=1S/C16H36N.2C6H2Br4O2.CH4O.Mn/c1-5-9-13-17(14-10-6-2,15-11-7-3)16-12-8-4;2*7-1-2(8)4(10)6(12)5(11)3(1)9;1-2;/h5-16H2,1-4H3;2*11-12H;2H,1H3;/q+1;;;;+3/p-4. The molecule has 0 amide bonds. The van der Waals surface area contributed by atoms with Crippen molar-refractivity contribution in [2.45, 2.75) is 79.1 Å². The topological polar surface area (TPSA) is 112 Å². The summed E-state index contributed by atoms with van der Waals surface area (Å²) in [5.41, 5.74) is 0. The maximum atomic E-state index is 11.1. The monoisotopic (exact) mass is 1170 g/mol. The third kappa shape index (κ3) is 16.5. The zero-order valence-electron chi connectivity index (χ0n) is 25.4. The van der Waals surface area contributed by atoms with Gasteiger partial charge in [-0.2, -0.15) is 0 Å². The summed E-state index contributed by atoms with van der Waals surface area (Å²) in [6, 6.07) is 0. The summed E-state index contributed by atoms with van der Waals surface area (Å²) in [7, 11) is 1.00. The Bertz CT molecular complexity index is 797. The van der Waals surface area contributed by atoms with E-state index in [0.717, 1.165) is 7.11 Å². The predicted molar refractivity (Wildman–Crippen MR) is 200 cm³/mol. The number of quaternary nitrogens is 1. The van der Waals surface area contributed by atoms with Crippen molar-refractivity contribution in [3.63, 3.8) is 0 Å². The predicted octanol–water partition coefficient (Wildman–Crippen LogP) is 10.4. The second kappa shape index (κ2) is 27.7. The molecule has 0 aromatic heterocycles. The van der Waals surface area contributed by atoms with Gasteiger partial charge >= 0.3 is 17.1 Å². The van der Waals surface area contributed by atoms with E-state index in [-0.39, 0.29) is 35.0 Å². The Balaban J connectivity index is -0.000000560. The number of rotatable bonds is 12. The number of benzene rings is 2. The zero-order chi connectivity index (χ0) is 33.9. The number of aliphatic hydroxyl groups is 1. The Labute approximate surface area is 341 Å². The molecule has 2 aromatic carbocycles. The molecule has 44 heavy (non-hydrogen) atoms. The van der Waals surface area contributed by atoms with Crippen LogP contribution in [0.1, 0.15) is 79.1 Å². The fourth-order valence-corrected chi connectivity index (χ4v) is 7.92. The van der Waals surface area contributed by atoms with E-state index in [1.54, 1.807) is 0 Å². The van der Waals surface area contributed by atoms with Gasteiger partial charge in [0.05, 0.1) is 26.2 Å². The maximum Gasteiger partial charge on any atom is 3.00 e. The molecular weight excluding hydrogens is 1140 g/mol. The largest absolute Gasteiger partial charge is 3.00 e. The second-order valence-electron chi connectivity index (χ2n) is 9.48. The number of hydrogen-bond donors (Lipinski definition) is 1. The molecule has 0 heterocycles. The second-order valence-corrected chi connectivity index (χ2v) is 15.8. The van der Waals surface area contributed by atoms with Crippen LogP contribution in [0.4, 0.5) is 0 Å². The molecule has 15 heteroatoms. The summed E-state index contributed by atoms with van der Waals surface area (Å²) in [5, 5.41) is 51.5. The first-order valence-corrected chi connectivity index (χ1v) is 20.2. The van der Waals surface area contributed by atoms with Gasteiger partial charge in [-0.3, -0.25) is 0 Å². The first kappa shape index (κ1) is 50.3. The van der Waals surface area contributed by atoms with E-state index in [9.17, 15) is 20.4 Å². The number of unbranched alkanes of at least 4 members (excludes halogenated alkanes) is 4. The summed E-state index contributed by atoms with van der Waals surface area (Å²) < 4.78 is 4.54. The molecule has 6 nitrogen and oxygen atoms in total. The molecular formula is C29H40Br8MnNO5. The van der Waals surface area contributed by atoms with E-state index in [1.165, 1.54) is 82.0 Å². The first-order chi connectivity index (χ1) is 20.2. The third-order valence-corrected chi connectivity index (χ3v) is 15.7. The van der Waals surface area contributed by atoms with E-state index in [0.29, 0.717) is 17.9 Å². The maximum absolute atomic E-state index is 11.1. The first-order valence-electron chi connectivity index (χ1n) is 13.9. The molecule has 0 atom stereocenters. The van der Waals surface area contributed by atoms with Crippen LogP contribution in [0.3, 0.4) is 0 Å². The smallest absolute Gasteiger partial charge is 0.872 e. The number of halogens is 8. The van der Waals surface area contributed by atoms with E-state index >= 15 is 0 Å². The van der Waals surface area contributed by atoms with Crippen LogP contribution in [-0.2, 0) is 17.1 Å². The van der Waals surface area contributed by atoms with Crippen LogP contribution in [0.25, 0.3) is 0 Å². The van der Waals surface area contributed by atoms with Crippen molar-refractivity contribution in [1.29, 1.82) is 0 Å². The molecule has 0 saturated carbocycles. The quantitative estimate of drug-likeness (QED) is 0.0985. The van der Waals surface area contributed by atoms with Crippen molar-refractivity contribution in [2.75, 3.05) is 33.3 Å². The normalized spacial score (nSPS) is 10.4. The SMILES string of the molecule is CCCC[N+](CCCC)(CCCC)CCCC.CO.[Mn+3].[O-]c1c([O-])c(Br)c(Br)c(Br)c1Br.[O-]c1c([O-])c(Br)c(Br)c(Br)c1Br. The van der Waals surface area contributed by atoms with Crippen LogP contribution in [0.2, 0.25) is 0 Å². The van der Waals surface area contributed by atoms with Gasteiger partial charge in [0.25, 0.3) is 0 Å². The molecule has 0 aliphatic rings. The van der Waals surface area contributed by atoms with E-state index in [2.05, 4.69) is 155 Å². The summed E-state index contributed by atoms with van der Waals surface area (Å²) in [6.07, 6.45) is 11.1. The molecule has 0 fully saturated rings. The van der Waals surface area contributed by atoms with E-state index in [4.69, 9.17) is 5.11 Å². The minimum atomic E-state index is -0.558. The van der Waals surface area contributed by atoms with Crippen LogP contribution in [0, 0.1) is 0 Å². The van der Waals surface area contributed by atoms with Gasteiger partial charge < -0.3 is 30.0 Å². The van der Waals surface area contributed by atoms with Crippen molar-refractivity contribution in [3.8, 4) is 23.0 Å². The van der Waals surface area contributed by atoms with Crippen molar-refractivity contribution in [3.05, 3.63) is 35.8 Å². The Morgan fingerprint density at radius 2 is 0.568 bits per heavy atom. The Kier molecular flexibility index (Phi) is 31.7. The molecule has 0 spiro atoms.